The number of amides is 1. The molecule has 0 aliphatic heterocycles. The van der Waals surface area contributed by atoms with Gasteiger partial charge in [0, 0.05) is 12.1 Å². The molecule has 0 spiro atoms. The molecular weight excluding hydrogens is 278 g/mol. The van der Waals surface area contributed by atoms with Crippen LogP contribution in [-0.2, 0) is 14.3 Å². The van der Waals surface area contributed by atoms with E-state index >= 15 is 0 Å². The minimum Gasteiger partial charge on any atom is -0.456 e. The van der Waals surface area contributed by atoms with Crippen molar-refractivity contribution >= 4 is 17.6 Å². The Hall–Kier alpha value is -2.62. The number of esters is 1. The number of hydrogen-bond donors (Lipinski definition) is 1. The fourth-order valence-corrected chi connectivity index (χ4v) is 2.00. The smallest absolute Gasteiger partial charge is 0.306 e. The van der Waals surface area contributed by atoms with E-state index in [0.717, 1.165) is 11.1 Å². The minimum atomic E-state index is -0.350. The van der Waals surface area contributed by atoms with Crippen molar-refractivity contribution < 1.29 is 14.3 Å². The summed E-state index contributed by atoms with van der Waals surface area (Å²) >= 11 is 0. The summed E-state index contributed by atoms with van der Waals surface area (Å²) in [6, 6.07) is 17.5. The van der Waals surface area contributed by atoms with E-state index in [2.05, 4.69) is 5.32 Å². The van der Waals surface area contributed by atoms with E-state index in [0.29, 0.717) is 18.5 Å². The van der Waals surface area contributed by atoms with Crippen LogP contribution in [0.3, 0.4) is 0 Å². The Labute approximate surface area is 130 Å². The van der Waals surface area contributed by atoms with Gasteiger partial charge in [-0.15, -0.1) is 0 Å². The molecule has 0 aromatic heterocycles. The van der Waals surface area contributed by atoms with E-state index in [9.17, 15) is 9.59 Å². The van der Waals surface area contributed by atoms with Crippen molar-refractivity contribution in [2.24, 2.45) is 0 Å². The summed E-state index contributed by atoms with van der Waals surface area (Å²) in [7, 11) is 0. The Morgan fingerprint density at radius 2 is 1.59 bits per heavy atom. The number of nitrogens with one attached hydrogen (secondary N) is 1. The molecule has 0 heterocycles. The van der Waals surface area contributed by atoms with Crippen LogP contribution < -0.4 is 5.32 Å². The van der Waals surface area contributed by atoms with Gasteiger partial charge in [0.1, 0.15) is 0 Å². The summed E-state index contributed by atoms with van der Waals surface area (Å²) in [6.07, 6.45) is 1.04. The summed E-state index contributed by atoms with van der Waals surface area (Å²) in [5, 5.41) is 2.70. The van der Waals surface area contributed by atoms with Gasteiger partial charge in [0.15, 0.2) is 6.61 Å². The van der Waals surface area contributed by atoms with E-state index in [1.54, 1.807) is 0 Å². The zero-order valence-corrected chi connectivity index (χ0v) is 12.5. The number of hydrogen-bond acceptors (Lipinski definition) is 3. The molecule has 1 N–H and O–H groups in total. The Morgan fingerprint density at radius 1 is 0.955 bits per heavy atom. The van der Waals surface area contributed by atoms with Crippen molar-refractivity contribution in [3.63, 3.8) is 0 Å². The number of anilines is 1. The molecule has 0 saturated heterocycles. The van der Waals surface area contributed by atoms with Gasteiger partial charge in [0.25, 0.3) is 5.91 Å². The lowest BCUT2D eigenvalue weighted by atomic mass is 10.1. The second-order valence-corrected chi connectivity index (χ2v) is 4.90. The van der Waals surface area contributed by atoms with Crippen LogP contribution in [0.4, 0.5) is 5.69 Å². The molecule has 0 aliphatic carbocycles. The molecule has 22 heavy (non-hydrogen) atoms. The highest BCUT2D eigenvalue weighted by Crippen LogP contribution is 2.20. The molecule has 2 rings (SSSR count). The molecule has 2 aromatic carbocycles. The Kier molecular flexibility index (Phi) is 5.72. The predicted octanol–water partition coefficient (Wildman–Crippen LogP) is 3.64. The van der Waals surface area contributed by atoms with Crippen LogP contribution in [0.5, 0.6) is 0 Å². The van der Waals surface area contributed by atoms with Gasteiger partial charge in [-0.25, -0.2) is 0 Å². The maximum atomic E-state index is 11.7. The third kappa shape index (κ3) is 4.74. The molecule has 0 radical (unpaired) electrons. The standard InChI is InChI=1S/C18H19NO3/c1-2-6-18(21)22-13-17(20)19-16-11-9-15(10-12-16)14-7-4-3-5-8-14/h3-5,7-12H,2,6,13H2,1H3,(H,19,20). The van der Waals surface area contributed by atoms with Gasteiger partial charge >= 0.3 is 5.97 Å². The number of benzene rings is 2. The largest absolute Gasteiger partial charge is 0.456 e. The Bertz CT molecular complexity index is 621. The molecule has 0 aliphatic rings. The molecule has 0 fully saturated rings. The van der Waals surface area contributed by atoms with Gasteiger partial charge in [-0.3, -0.25) is 9.59 Å². The number of ether oxygens (including phenoxy) is 1. The maximum Gasteiger partial charge on any atom is 0.306 e. The van der Waals surface area contributed by atoms with Crippen LogP contribution in [0.25, 0.3) is 11.1 Å². The summed E-state index contributed by atoms with van der Waals surface area (Å²) in [4.78, 5) is 22.9. The zero-order chi connectivity index (χ0) is 15.8. The monoisotopic (exact) mass is 297 g/mol. The summed E-state index contributed by atoms with van der Waals surface area (Å²) in [5.41, 5.74) is 2.87. The van der Waals surface area contributed by atoms with E-state index < -0.39 is 0 Å². The first-order valence-electron chi connectivity index (χ1n) is 7.30. The average molecular weight is 297 g/mol. The highest BCUT2D eigenvalue weighted by atomic mass is 16.5. The quantitative estimate of drug-likeness (QED) is 0.828. The van der Waals surface area contributed by atoms with Crippen molar-refractivity contribution in [1.82, 2.24) is 0 Å². The molecule has 0 saturated carbocycles. The lowest BCUT2D eigenvalue weighted by Gasteiger charge is -2.07. The van der Waals surface area contributed by atoms with Crippen LogP contribution in [0.1, 0.15) is 19.8 Å². The lowest BCUT2D eigenvalue weighted by molar-refractivity contribution is -0.147. The SMILES string of the molecule is CCCC(=O)OCC(=O)Nc1ccc(-c2ccccc2)cc1. The second-order valence-electron chi connectivity index (χ2n) is 4.90. The van der Waals surface area contributed by atoms with Crippen LogP contribution in [0.15, 0.2) is 54.6 Å². The van der Waals surface area contributed by atoms with Crippen molar-refractivity contribution in [3.05, 3.63) is 54.6 Å². The fourth-order valence-electron chi connectivity index (χ4n) is 2.00. The van der Waals surface area contributed by atoms with Crippen molar-refractivity contribution in [3.8, 4) is 11.1 Å². The number of carbonyl (C=O) groups excluding carboxylic acids is 2. The molecule has 2 aromatic rings. The van der Waals surface area contributed by atoms with Crippen molar-refractivity contribution in [2.75, 3.05) is 11.9 Å². The van der Waals surface area contributed by atoms with Crippen molar-refractivity contribution in [2.45, 2.75) is 19.8 Å². The van der Waals surface area contributed by atoms with Crippen molar-refractivity contribution in [1.29, 1.82) is 0 Å². The van der Waals surface area contributed by atoms with Crippen LogP contribution in [0.2, 0.25) is 0 Å². The Balaban J connectivity index is 1.89. The highest BCUT2D eigenvalue weighted by molar-refractivity contribution is 5.93. The summed E-state index contributed by atoms with van der Waals surface area (Å²) < 4.78 is 4.86. The van der Waals surface area contributed by atoms with Gasteiger partial charge in [-0.05, 0) is 29.7 Å². The number of carbonyl (C=O) groups is 2. The van der Waals surface area contributed by atoms with E-state index in [-0.39, 0.29) is 18.5 Å². The first kappa shape index (κ1) is 15.8. The maximum absolute atomic E-state index is 11.7. The molecule has 0 bridgehead atoms. The molecule has 4 nitrogen and oxygen atoms in total. The third-order valence-corrected chi connectivity index (χ3v) is 3.09. The lowest BCUT2D eigenvalue weighted by Crippen LogP contribution is -2.20. The van der Waals surface area contributed by atoms with E-state index in [1.807, 2.05) is 61.5 Å². The molecule has 114 valence electrons. The van der Waals surface area contributed by atoms with E-state index in [1.165, 1.54) is 0 Å². The molecule has 0 atom stereocenters. The van der Waals surface area contributed by atoms with Gasteiger partial charge in [0.05, 0.1) is 0 Å². The minimum absolute atomic E-state index is 0.251. The highest BCUT2D eigenvalue weighted by Gasteiger charge is 2.07. The van der Waals surface area contributed by atoms with Crippen LogP contribution in [-0.4, -0.2) is 18.5 Å². The molecule has 0 unspecified atom stereocenters. The predicted molar refractivity (Wildman–Crippen MR) is 86.4 cm³/mol. The molecular formula is C18H19NO3. The van der Waals surface area contributed by atoms with Crippen LogP contribution >= 0.6 is 0 Å². The van der Waals surface area contributed by atoms with Gasteiger partial charge in [0.2, 0.25) is 0 Å². The van der Waals surface area contributed by atoms with E-state index in [4.69, 9.17) is 4.74 Å². The second kappa shape index (κ2) is 7.98. The van der Waals surface area contributed by atoms with Gasteiger partial charge in [-0.1, -0.05) is 49.4 Å². The first-order valence-corrected chi connectivity index (χ1v) is 7.30. The third-order valence-electron chi connectivity index (χ3n) is 3.09. The number of rotatable bonds is 6. The zero-order valence-electron chi connectivity index (χ0n) is 12.5. The normalized spacial score (nSPS) is 10.0. The topological polar surface area (TPSA) is 55.4 Å². The fraction of sp³-hybridized carbons (Fsp3) is 0.222. The van der Waals surface area contributed by atoms with Gasteiger partial charge < -0.3 is 10.1 Å². The summed E-state index contributed by atoms with van der Waals surface area (Å²) in [5.74, 6) is -0.686. The van der Waals surface area contributed by atoms with Gasteiger partial charge in [-0.2, -0.15) is 0 Å². The molecule has 4 heteroatoms. The average Bonchev–Trinajstić information content (AvgIpc) is 2.55. The Morgan fingerprint density at radius 3 is 2.23 bits per heavy atom. The van der Waals surface area contributed by atoms with Crippen LogP contribution in [0, 0.1) is 0 Å². The molecule has 1 amide bonds. The first-order chi connectivity index (χ1) is 10.7. The summed E-state index contributed by atoms with van der Waals surface area (Å²) in [6.45, 7) is 1.63.